The third-order valence-electron chi connectivity index (χ3n) is 2.76. The molecular weight excluding hydrogens is 191 g/mol. The highest BCUT2D eigenvalue weighted by molar-refractivity contribution is 4.81. The molecule has 1 nitrogen and oxygen atoms in total. The van der Waals surface area contributed by atoms with Crippen molar-refractivity contribution in [1.82, 2.24) is 5.32 Å². The van der Waals surface area contributed by atoms with Gasteiger partial charge in [0.25, 0.3) is 0 Å². The van der Waals surface area contributed by atoms with Gasteiger partial charge in [-0.25, -0.2) is 0 Å². The molecule has 0 bridgehead atoms. The van der Waals surface area contributed by atoms with E-state index < -0.39 is 12.1 Å². The van der Waals surface area contributed by atoms with E-state index >= 15 is 0 Å². The SMILES string of the molecule is CC(C)NC1CCC(C(F)(F)F)CC1. The van der Waals surface area contributed by atoms with E-state index in [1.54, 1.807) is 0 Å². The number of halogens is 3. The number of alkyl halides is 3. The minimum atomic E-state index is -3.98. The van der Waals surface area contributed by atoms with Crippen molar-refractivity contribution in [3.63, 3.8) is 0 Å². The van der Waals surface area contributed by atoms with Crippen molar-refractivity contribution in [1.29, 1.82) is 0 Å². The summed E-state index contributed by atoms with van der Waals surface area (Å²) in [5.74, 6) is -1.06. The second-order valence-electron chi connectivity index (χ2n) is 4.41. The van der Waals surface area contributed by atoms with Gasteiger partial charge in [0.2, 0.25) is 0 Å². The summed E-state index contributed by atoms with van der Waals surface area (Å²) in [6.45, 7) is 4.05. The molecule has 1 aliphatic rings. The highest BCUT2D eigenvalue weighted by Crippen LogP contribution is 2.37. The molecule has 0 unspecified atom stereocenters. The van der Waals surface area contributed by atoms with Gasteiger partial charge >= 0.3 is 6.18 Å². The van der Waals surface area contributed by atoms with Crippen LogP contribution >= 0.6 is 0 Å². The van der Waals surface area contributed by atoms with Crippen molar-refractivity contribution in [2.45, 2.75) is 57.8 Å². The summed E-state index contributed by atoms with van der Waals surface area (Å²) in [6.07, 6.45) is -2.10. The van der Waals surface area contributed by atoms with Gasteiger partial charge in [0.05, 0.1) is 5.92 Å². The molecule has 1 saturated carbocycles. The van der Waals surface area contributed by atoms with Crippen LogP contribution in [-0.4, -0.2) is 18.3 Å². The van der Waals surface area contributed by atoms with Crippen LogP contribution in [0.5, 0.6) is 0 Å². The van der Waals surface area contributed by atoms with Crippen LogP contribution in [0.3, 0.4) is 0 Å². The van der Waals surface area contributed by atoms with Crippen molar-refractivity contribution < 1.29 is 13.2 Å². The van der Waals surface area contributed by atoms with E-state index in [2.05, 4.69) is 5.32 Å². The summed E-state index contributed by atoms with van der Waals surface area (Å²) >= 11 is 0. The van der Waals surface area contributed by atoms with Gasteiger partial charge in [-0.05, 0) is 25.7 Å². The van der Waals surface area contributed by atoms with E-state index in [0.29, 0.717) is 18.9 Å². The number of hydrogen-bond acceptors (Lipinski definition) is 1. The lowest BCUT2D eigenvalue weighted by atomic mass is 9.85. The first-order valence-electron chi connectivity index (χ1n) is 5.22. The summed E-state index contributed by atoms with van der Waals surface area (Å²) in [7, 11) is 0. The molecule has 84 valence electrons. The van der Waals surface area contributed by atoms with Crippen molar-refractivity contribution in [2.75, 3.05) is 0 Å². The van der Waals surface area contributed by atoms with Gasteiger partial charge in [-0.2, -0.15) is 13.2 Å². The fourth-order valence-corrected chi connectivity index (χ4v) is 2.06. The third-order valence-corrected chi connectivity index (χ3v) is 2.76. The molecule has 1 N–H and O–H groups in total. The maximum absolute atomic E-state index is 12.3. The maximum atomic E-state index is 12.3. The Morgan fingerprint density at radius 1 is 1.07 bits per heavy atom. The normalized spacial score (nSPS) is 29.6. The number of hydrogen-bond donors (Lipinski definition) is 1. The van der Waals surface area contributed by atoms with Gasteiger partial charge in [-0.3, -0.25) is 0 Å². The zero-order chi connectivity index (χ0) is 10.8. The average Bonchev–Trinajstić information content (AvgIpc) is 2.02. The molecule has 1 fully saturated rings. The maximum Gasteiger partial charge on any atom is 0.391 e. The molecule has 0 heterocycles. The van der Waals surface area contributed by atoms with Gasteiger partial charge in [0.1, 0.15) is 0 Å². The molecule has 1 rings (SSSR count). The number of rotatable bonds is 2. The fraction of sp³-hybridized carbons (Fsp3) is 1.00. The molecule has 0 aromatic rings. The first-order valence-corrected chi connectivity index (χ1v) is 5.22. The molecule has 0 spiro atoms. The highest BCUT2D eigenvalue weighted by atomic mass is 19.4. The molecule has 14 heavy (non-hydrogen) atoms. The lowest BCUT2D eigenvalue weighted by Crippen LogP contribution is -2.39. The molecule has 0 aliphatic heterocycles. The van der Waals surface area contributed by atoms with E-state index in [-0.39, 0.29) is 18.9 Å². The van der Waals surface area contributed by atoms with Crippen molar-refractivity contribution >= 4 is 0 Å². The van der Waals surface area contributed by atoms with Crippen LogP contribution in [-0.2, 0) is 0 Å². The van der Waals surface area contributed by atoms with Crippen molar-refractivity contribution in [3.8, 4) is 0 Å². The Labute approximate surface area is 83.1 Å². The van der Waals surface area contributed by atoms with Crippen molar-refractivity contribution in [2.24, 2.45) is 5.92 Å². The van der Waals surface area contributed by atoms with Gasteiger partial charge in [0.15, 0.2) is 0 Å². The molecule has 0 saturated heterocycles. The fourth-order valence-electron chi connectivity index (χ4n) is 2.06. The Morgan fingerprint density at radius 3 is 1.93 bits per heavy atom. The van der Waals surface area contributed by atoms with E-state index in [1.165, 1.54) is 0 Å². The predicted octanol–water partition coefficient (Wildman–Crippen LogP) is 3.11. The van der Waals surface area contributed by atoms with Gasteiger partial charge < -0.3 is 5.32 Å². The highest BCUT2D eigenvalue weighted by Gasteiger charge is 2.41. The molecule has 0 radical (unpaired) electrons. The van der Waals surface area contributed by atoms with E-state index in [0.717, 1.165) is 0 Å². The van der Waals surface area contributed by atoms with E-state index in [1.807, 2.05) is 13.8 Å². The smallest absolute Gasteiger partial charge is 0.312 e. The van der Waals surface area contributed by atoms with Crippen LogP contribution in [0, 0.1) is 5.92 Å². The predicted molar refractivity (Wildman–Crippen MR) is 50.1 cm³/mol. The molecule has 0 atom stereocenters. The van der Waals surface area contributed by atoms with Crippen molar-refractivity contribution in [3.05, 3.63) is 0 Å². The Hall–Kier alpha value is -0.250. The largest absolute Gasteiger partial charge is 0.391 e. The summed E-state index contributed by atoms with van der Waals surface area (Å²) in [6, 6.07) is 0.649. The van der Waals surface area contributed by atoms with Gasteiger partial charge in [-0.15, -0.1) is 0 Å². The Kier molecular flexibility index (Phi) is 3.81. The minimum absolute atomic E-state index is 0.286. The Morgan fingerprint density at radius 2 is 1.57 bits per heavy atom. The molecule has 0 aromatic carbocycles. The average molecular weight is 209 g/mol. The standard InChI is InChI=1S/C10H18F3N/c1-7(2)14-9-5-3-8(4-6-9)10(11,12)13/h7-9,14H,3-6H2,1-2H3. The lowest BCUT2D eigenvalue weighted by molar-refractivity contribution is -0.182. The summed E-state index contributed by atoms with van der Waals surface area (Å²) in [4.78, 5) is 0. The zero-order valence-corrected chi connectivity index (χ0v) is 8.69. The Balaban J connectivity index is 2.31. The summed E-state index contributed by atoms with van der Waals surface area (Å²) < 4.78 is 36.9. The second kappa shape index (κ2) is 4.51. The monoisotopic (exact) mass is 209 g/mol. The molecule has 0 amide bonds. The lowest BCUT2D eigenvalue weighted by Gasteiger charge is -2.31. The minimum Gasteiger partial charge on any atom is -0.312 e. The first-order chi connectivity index (χ1) is 6.39. The molecule has 4 heteroatoms. The second-order valence-corrected chi connectivity index (χ2v) is 4.41. The zero-order valence-electron chi connectivity index (χ0n) is 8.69. The Bertz CT molecular complexity index is 169. The molecule has 1 aliphatic carbocycles. The third kappa shape index (κ3) is 3.48. The van der Waals surface area contributed by atoms with Crippen LogP contribution in [0.2, 0.25) is 0 Å². The summed E-state index contributed by atoms with van der Waals surface area (Å²) in [5, 5.41) is 3.29. The van der Waals surface area contributed by atoms with Gasteiger partial charge in [-0.1, -0.05) is 13.8 Å². The quantitative estimate of drug-likeness (QED) is 0.736. The van der Waals surface area contributed by atoms with Crippen LogP contribution in [0.4, 0.5) is 13.2 Å². The van der Waals surface area contributed by atoms with Crippen LogP contribution in [0.1, 0.15) is 39.5 Å². The summed E-state index contributed by atoms with van der Waals surface area (Å²) in [5.41, 5.74) is 0. The van der Waals surface area contributed by atoms with E-state index in [9.17, 15) is 13.2 Å². The number of nitrogens with one attached hydrogen (secondary N) is 1. The van der Waals surface area contributed by atoms with Crippen LogP contribution in [0.15, 0.2) is 0 Å². The van der Waals surface area contributed by atoms with E-state index in [4.69, 9.17) is 0 Å². The van der Waals surface area contributed by atoms with Crippen LogP contribution < -0.4 is 5.32 Å². The first kappa shape index (κ1) is 11.8. The topological polar surface area (TPSA) is 12.0 Å². The molecule has 0 aromatic heterocycles. The van der Waals surface area contributed by atoms with Gasteiger partial charge in [0, 0.05) is 12.1 Å². The van der Waals surface area contributed by atoms with Crippen LogP contribution in [0.25, 0.3) is 0 Å². The molecular formula is C10H18F3N.